The molecule has 0 bridgehead atoms. The molecule has 1 aromatic rings. The van der Waals surface area contributed by atoms with Gasteiger partial charge in [0.2, 0.25) is 11.8 Å². The number of carbonyl (C=O) groups is 2. The second-order valence-electron chi connectivity index (χ2n) is 5.85. The first-order valence-corrected chi connectivity index (χ1v) is 6.53. The lowest BCUT2D eigenvalue weighted by atomic mass is 9.92. The minimum absolute atomic E-state index is 0.0431. The van der Waals surface area contributed by atoms with Gasteiger partial charge in [-0.25, -0.2) is 0 Å². The molecule has 1 rings (SSSR count). The maximum absolute atomic E-state index is 11.5. The predicted molar refractivity (Wildman–Crippen MR) is 73.8 cm³/mol. The van der Waals surface area contributed by atoms with Crippen molar-refractivity contribution >= 4 is 11.8 Å². The number of amides is 2. The minimum Gasteiger partial charge on any atom is -0.467 e. The average molecular weight is 282 g/mol. The number of carbonyl (C=O) groups excluding carboxylic acids is 2. The van der Waals surface area contributed by atoms with E-state index in [0.717, 1.165) is 0 Å². The minimum atomic E-state index is -0.890. The van der Waals surface area contributed by atoms with Crippen LogP contribution in [0, 0.1) is 5.41 Å². The van der Waals surface area contributed by atoms with Crippen molar-refractivity contribution in [1.82, 2.24) is 10.6 Å². The molecule has 3 N–H and O–H groups in total. The number of rotatable bonds is 6. The van der Waals surface area contributed by atoms with Gasteiger partial charge in [0.25, 0.3) is 0 Å². The van der Waals surface area contributed by atoms with Gasteiger partial charge in [-0.05, 0) is 17.5 Å². The Kier molecular flexibility index (Phi) is 5.76. The summed E-state index contributed by atoms with van der Waals surface area (Å²) in [6.07, 6.45) is 0.918. The van der Waals surface area contributed by atoms with Crippen LogP contribution in [0.15, 0.2) is 22.8 Å². The molecular weight excluding hydrogens is 260 g/mol. The zero-order valence-electron chi connectivity index (χ0n) is 12.1. The molecule has 112 valence electrons. The molecule has 0 radical (unpaired) electrons. The standard InChI is InChI=1S/C14H22N2O4/c1-14(2,3)7-12(18)16-9-13(19)15-8-10(17)11-5-4-6-20-11/h4-6,10,17H,7-9H2,1-3H3,(H,15,19)(H,16,18). The van der Waals surface area contributed by atoms with Gasteiger partial charge in [0.15, 0.2) is 0 Å². The molecule has 1 aromatic heterocycles. The van der Waals surface area contributed by atoms with Gasteiger partial charge < -0.3 is 20.2 Å². The van der Waals surface area contributed by atoms with E-state index in [-0.39, 0.29) is 30.3 Å². The molecule has 1 heterocycles. The highest BCUT2D eigenvalue weighted by Gasteiger charge is 2.17. The maximum atomic E-state index is 11.5. The molecule has 2 amide bonds. The second-order valence-corrected chi connectivity index (χ2v) is 5.85. The SMILES string of the molecule is CC(C)(C)CC(=O)NCC(=O)NCC(O)c1ccco1. The summed E-state index contributed by atoms with van der Waals surface area (Å²) < 4.78 is 5.01. The van der Waals surface area contributed by atoms with Crippen molar-refractivity contribution in [2.75, 3.05) is 13.1 Å². The first-order chi connectivity index (χ1) is 9.28. The number of hydrogen-bond acceptors (Lipinski definition) is 4. The molecule has 0 spiro atoms. The van der Waals surface area contributed by atoms with Crippen molar-refractivity contribution in [2.24, 2.45) is 5.41 Å². The highest BCUT2D eigenvalue weighted by Crippen LogP contribution is 2.17. The Labute approximate surface area is 118 Å². The third-order valence-electron chi connectivity index (χ3n) is 2.50. The fourth-order valence-corrected chi connectivity index (χ4v) is 1.58. The molecule has 0 saturated carbocycles. The Hall–Kier alpha value is -1.82. The van der Waals surface area contributed by atoms with E-state index in [2.05, 4.69) is 10.6 Å². The van der Waals surface area contributed by atoms with Gasteiger partial charge in [0.1, 0.15) is 11.9 Å². The van der Waals surface area contributed by atoms with Crippen LogP contribution in [0.3, 0.4) is 0 Å². The zero-order valence-corrected chi connectivity index (χ0v) is 12.1. The van der Waals surface area contributed by atoms with E-state index in [0.29, 0.717) is 12.2 Å². The fourth-order valence-electron chi connectivity index (χ4n) is 1.58. The van der Waals surface area contributed by atoms with E-state index in [9.17, 15) is 14.7 Å². The summed E-state index contributed by atoms with van der Waals surface area (Å²) >= 11 is 0. The van der Waals surface area contributed by atoms with Crippen molar-refractivity contribution in [3.63, 3.8) is 0 Å². The zero-order chi connectivity index (χ0) is 15.2. The van der Waals surface area contributed by atoms with Gasteiger partial charge >= 0.3 is 0 Å². The van der Waals surface area contributed by atoms with Crippen LogP contribution in [0.25, 0.3) is 0 Å². The first kappa shape index (κ1) is 16.2. The van der Waals surface area contributed by atoms with Gasteiger partial charge in [-0.1, -0.05) is 20.8 Å². The Bertz CT molecular complexity index is 435. The van der Waals surface area contributed by atoms with Crippen molar-refractivity contribution in [2.45, 2.75) is 33.3 Å². The van der Waals surface area contributed by atoms with Gasteiger partial charge in [-0.3, -0.25) is 9.59 Å². The van der Waals surface area contributed by atoms with E-state index in [1.165, 1.54) is 6.26 Å². The molecule has 0 saturated heterocycles. The van der Waals surface area contributed by atoms with E-state index in [1.807, 2.05) is 20.8 Å². The van der Waals surface area contributed by atoms with Crippen LogP contribution in [-0.2, 0) is 9.59 Å². The maximum Gasteiger partial charge on any atom is 0.239 e. The molecule has 0 aliphatic carbocycles. The number of aliphatic hydroxyl groups is 1. The highest BCUT2D eigenvalue weighted by molar-refractivity contribution is 5.84. The second kappa shape index (κ2) is 7.09. The van der Waals surface area contributed by atoms with Crippen LogP contribution in [0.2, 0.25) is 0 Å². The molecule has 0 aliphatic heterocycles. The molecule has 6 heteroatoms. The molecule has 1 atom stereocenters. The summed E-state index contributed by atoms with van der Waals surface area (Å²) in [5.74, 6) is -0.126. The summed E-state index contributed by atoms with van der Waals surface area (Å²) in [5.41, 5.74) is -0.115. The number of furan rings is 1. The predicted octanol–water partition coefficient (Wildman–Crippen LogP) is 0.982. The van der Waals surface area contributed by atoms with Crippen molar-refractivity contribution in [3.8, 4) is 0 Å². The smallest absolute Gasteiger partial charge is 0.239 e. The quantitative estimate of drug-likeness (QED) is 0.725. The Morgan fingerprint density at radius 1 is 1.30 bits per heavy atom. The van der Waals surface area contributed by atoms with E-state index >= 15 is 0 Å². The largest absolute Gasteiger partial charge is 0.467 e. The van der Waals surface area contributed by atoms with Crippen molar-refractivity contribution in [1.29, 1.82) is 0 Å². The van der Waals surface area contributed by atoms with Crippen LogP contribution < -0.4 is 10.6 Å². The van der Waals surface area contributed by atoms with Crippen LogP contribution in [0.4, 0.5) is 0 Å². The molecule has 0 aromatic carbocycles. The molecule has 6 nitrogen and oxygen atoms in total. The number of hydrogen-bond donors (Lipinski definition) is 3. The normalized spacial score (nSPS) is 12.8. The lowest BCUT2D eigenvalue weighted by Gasteiger charge is -2.17. The van der Waals surface area contributed by atoms with Gasteiger partial charge in [-0.2, -0.15) is 0 Å². The number of aliphatic hydroxyl groups excluding tert-OH is 1. The Morgan fingerprint density at radius 2 is 2.00 bits per heavy atom. The van der Waals surface area contributed by atoms with Crippen LogP contribution in [0.1, 0.15) is 39.1 Å². The first-order valence-electron chi connectivity index (χ1n) is 6.53. The van der Waals surface area contributed by atoms with Gasteiger partial charge in [0.05, 0.1) is 19.4 Å². The van der Waals surface area contributed by atoms with Crippen molar-refractivity contribution < 1.29 is 19.1 Å². The van der Waals surface area contributed by atoms with Gasteiger partial charge in [0, 0.05) is 6.42 Å². The van der Waals surface area contributed by atoms with E-state index in [4.69, 9.17) is 4.42 Å². The molecule has 0 fully saturated rings. The Morgan fingerprint density at radius 3 is 2.55 bits per heavy atom. The van der Waals surface area contributed by atoms with Crippen LogP contribution in [0.5, 0.6) is 0 Å². The summed E-state index contributed by atoms with van der Waals surface area (Å²) in [6, 6.07) is 3.29. The van der Waals surface area contributed by atoms with Crippen molar-refractivity contribution in [3.05, 3.63) is 24.2 Å². The average Bonchev–Trinajstić information content (AvgIpc) is 2.85. The summed E-state index contributed by atoms with van der Waals surface area (Å²) in [7, 11) is 0. The molecule has 20 heavy (non-hydrogen) atoms. The summed E-state index contributed by atoms with van der Waals surface area (Å²) in [5, 5.41) is 14.8. The lowest BCUT2D eigenvalue weighted by molar-refractivity contribution is -0.127. The molecule has 1 unspecified atom stereocenters. The van der Waals surface area contributed by atoms with E-state index in [1.54, 1.807) is 12.1 Å². The summed E-state index contributed by atoms with van der Waals surface area (Å²) in [4.78, 5) is 23.1. The highest BCUT2D eigenvalue weighted by atomic mass is 16.4. The number of nitrogens with one attached hydrogen (secondary N) is 2. The van der Waals surface area contributed by atoms with Crippen LogP contribution >= 0.6 is 0 Å². The summed E-state index contributed by atoms with van der Waals surface area (Å²) in [6.45, 7) is 5.80. The molecule has 0 aliphatic rings. The van der Waals surface area contributed by atoms with Crippen LogP contribution in [-0.4, -0.2) is 30.0 Å². The topological polar surface area (TPSA) is 91.6 Å². The third kappa shape index (κ3) is 6.38. The van der Waals surface area contributed by atoms with Gasteiger partial charge in [-0.15, -0.1) is 0 Å². The monoisotopic (exact) mass is 282 g/mol. The van der Waals surface area contributed by atoms with E-state index < -0.39 is 6.10 Å². The fraction of sp³-hybridized carbons (Fsp3) is 0.571. The Balaban J connectivity index is 2.22. The third-order valence-corrected chi connectivity index (χ3v) is 2.50. The lowest BCUT2D eigenvalue weighted by Crippen LogP contribution is -2.39. The molecular formula is C14H22N2O4.